The number of hydrogen-bond acceptors (Lipinski definition) is 4. The molecule has 5 heteroatoms. The first-order valence-electron chi connectivity index (χ1n) is 4.81. The average molecular weight is 204 g/mol. The normalized spacial score (nSPS) is 11.4. The van der Waals surface area contributed by atoms with Gasteiger partial charge in [0, 0.05) is 6.54 Å². The molecule has 0 aromatic rings. The van der Waals surface area contributed by atoms with E-state index in [1.54, 1.807) is 6.92 Å². The molecule has 0 radical (unpaired) electrons. The molecule has 0 aliphatic heterocycles. The van der Waals surface area contributed by atoms with E-state index in [9.17, 15) is 4.79 Å². The predicted molar refractivity (Wildman–Crippen MR) is 53.9 cm³/mol. The van der Waals surface area contributed by atoms with E-state index in [1.807, 2.05) is 6.92 Å². The Morgan fingerprint density at radius 2 is 1.93 bits per heavy atom. The van der Waals surface area contributed by atoms with Crippen LogP contribution in [0.25, 0.3) is 0 Å². The van der Waals surface area contributed by atoms with Crippen LogP contribution >= 0.6 is 0 Å². The fourth-order valence-corrected chi connectivity index (χ4v) is 0.782. The van der Waals surface area contributed by atoms with Crippen molar-refractivity contribution in [3.05, 3.63) is 0 Å². The number of carbonyl (C=O) groups is 1. The van der Waals surface area contributed by atoms with E-state index >= 15 is 0 Å². The summed E-state index contributed by atoms with van der Waals surface area (Å²) in [5, 5.41) is 23.3. The zero-order valence-electron chi connectivity index (χ0n) is 8.84. The Morgan fingerprint density at radius 3 is 2.36 bits per heavy atom. The molecule has 0 bridgehead atoms. The summed E-state index contributed by atoms with van der Waals surface area (Å²) in [6.45, 7) is 3.97. The smallest absolute Gasteiger partial charge is 0.233 e. The van der Waals surface area contributed by atoms with Crippen molar-refractivity contribution in [1.82, 2.24) is 10.6 Å². The van der Waals surface area contributed by atoms with E-state index in [2.05, 4.69) is 10.6 Å². The number of rotatable bonds is 7. The van der Waals surface area contributed by atoms with Gasteiger partial charge in [-0.15, -0.1) is 0 Å². The van der Waals surface area contributed by atoms with Gasteiger partial charge in [-0.05, 0) is 13.3 Å². The van der Waals surface area contributed by atoms with Crippen LogP contribution in [0.15, 0.2) is 0 Å². The molecule has 0 aliphatic rings. The molecular formula is C9H20N2O3. The number of nitrogens with one attached hydrogen (secondary N) is 2. The molecule has 84 valence electrons. The summed E-state index contributed by atoms with van der Waals surface area (Å²) in [5.41, 5.74) is -0.788. The van der Waals surface area contributed by atoms with Gasteiger partial charge in [0.2, 0.25) is 5.91 Å². The lowest BCUT2D eigenvalue weighted by Crippen LogP contribution is -2.52. The fourth-order valence-electron chi connectivity index (χ4n) is 0.782. The summed E-state index contributed by atoms with van der Waals surface area (Å²) < 4.78 is 0. The van der Waals surface area contributed by atoms with Crippen molar-refractivity contribution < 1.29 is 15.0 Å². The summed E-state index contributed by atoms with van der Waals surface area (Å²) in [4.78, 5) is 11.1. The summed E-state index contributed by atoms with van der Waals surface area (Å²) in [6.07, 6.45) is 0.892. The average Bonchev–Trinajstić information content (AvgIpc) is 2.23. The molecule has 0 rings (SSSR count). The first-order chi connectivity index (χ1) is 6.58. The molecule has 0 saturated heterocycles. The first kappa shape index (κ1) is 13.4. The molecule has 4 N–H and O–H groups in total. The Bertz CT molecular complexity index is 169. The van der Waals surface area contributed by atoms with Crippen molar-refractivity contribution in [1.29, 1.82) is 0 Å². The minimum absolute atomic E-state index is 0.109. The molecule has 0 aromatic carbocycles. The van der Waals surface area contributed by atoms with Gasteiger partial charge in [0.1, 0.15) is 0 Å². The monoisotopic (exact) mass is 204 g/mol. The molecule has 0 unspecified atom stereocenters. The standard InChI is InChI=1S/C9H20N2O3/c1-3-4-10-8(14)5-11-9(2,6-12)7-13/h11-13H,3-7H2,1-2H3,(H,10,14). The lowest BCUT2D eigenvalue weighted by molar-refractivity contribution is -0.120. The van der Waals surface area contributed by atoms with Gasteiger partial charge in [-0.25, -0.2) is 0 Å². The summed E-state index contributed by atoms with van der Waals surface area (Å²) in [5.74, 6) is -0.125. The van der Waals surface area contributed by atoms with E-state index in [4.69, 9.17) is 10.2 Å². The highest BCUT2D eigenvalue weighted by atomic mass is 16.3. The molecule has 0 heterocycles. The van der Waals surface area contributed by atoms with E-state index in [0.29, 0.717) is 6.54 Å². The lowest BCUT2D eigenvalue weighted by atomic mass is 10.1. The fraction of sp³-hybridized carbons (Fsp3) is 0.889. The van der Waals surface area contributed by atoms with Gasteiger partial charge in [-0.2, -0.15) is 0 Å². The molecule has 14 heavy (non-hydrogen) atoms. The van der Waals surface area contributed by atoms with E-state index in [1.165, 1.54) is 0 Å². The number of aliphatic hydroxyl groups is 2. The van der Waals surface area contributed by atoms with Crippen molar-refractivity contribution in [3.63, 3.8) is 0 Å². The maximum absolute atomic E-state index is 11.1. The number of hydrogen-bond donors (Lipinski definition) is 4. The van der Waals surface area contributed by atoms with Gasteiger partial charge in [-0.1, -0.05) is 6.92 Å². The summed E-state index contributed by atoms with van der Waals surface area (Å²) in [7, 11) is 0. The van der Waals surface area contributed by atoms with E-state index in [-0.39, 0.29) is 25.7 Å². The van der Waals surface area contributed by atoms with Crippen LogP contribution in [0.1, 0.15) is 20.3 Å². The Morgan fingerprint density at radius 1 is 1.36 bits per heavy atom. The van der Waals surface area contributed by atoms with Crippen molar-refractivity contribution in [2.45, 2.75) is 25.8 Å². The largest absolute Gasteiger partial charge is 0.394 e. The van der Waals surface area contributed by atoms with Crippen LogP contribution in [0.2, 0.25) is 0 Å². The lowest BCUT2D eigenvalue weighted by Gasteiger charge is -2.25. The maximum Gasteiger partial charge on any atom is 0.233 e. The van der Waals surface area contributed by atoms with Crippen molar-refractivity contribution in [2.75, 3.05) is 26.3 Å². The molecule has 0 fully saturated rings. The van der Waals surface area contributed by atoms with Crippen LogP contribution in [-0.2, 0) is 4.79 Å². The molecule has 0 aliphatic carbocycles. The van der Waals surface area contributed by atoms with Crippen LogP contribution in [-0.4, -0.2) is 48.0 Å². The third kappa shape index (κ3) is 5.16. The third-order valence-electron chi connectivity index (χ3n) is 1.95. The SMILES string of the molecule is CCCNC(=O)CNC(C)(CO)CO. The van der Waals surface area contributed by atoms with Gasteiger partial charge in [0.15, 0.2) is 0 Å². The number of carbonyl (C=O) groups excluding carboxylic acids is 1. The number of aliphatic hydroxyl groups excluding tert-OH is 2. The highest BCUT2D eigenvalue weighted by Crippen LogP contribution is 1.98. The second kappa shape index (κ2) is 6.75. The van der Waals surface area contributed by atoms with Crippen molar-refractivity contribution in [3.8, 4) is 0 Å². The molecule has 1 amide bonds. The van der Waals surface area contributed by atoms with Gasteiger partial charge >= 0.3 is 0 Å². The van der Waals surface area contributed by atoms with Crippen LogP contribution in [0.5, 0.6) is 0 Å². The Kier molecular flexibility index (Phi) is 6.44. The highest BCUT2D eigenvalue weighted by Gasteiger charge is 2.21. The van der Waals surface area contributed by atoms with Gasteiger partial charge in [0.05, 0.1) is 25.3 Å². The van der Waals surface area contributed by atoms with Crippen molar-refractivity contribution >= 4 is 5.91 Å². The topological polar surface area (TPSA) is 81.6 Å². The Balaban J connectivity index is 3.74. The van der Waals surface area contributed by atoms with Gasteiger partial charge in [0.25, 0.3) is 0 Å². The summed E-state index contributed by atoms with van der Waals surface area (Å²) >= 11 is 0. The molecular weight excluding hydrogens is 184 g/mol. The highest BCUT2D eigenvalue weighted by molar-refractivity contribution is 5.78. The maximum atomic E-state index is 11.1. The van der Waals surface area contributed by atoms with E-state index in [0.717, 1.165) is 6.42 Å². The van der Waals surface area contributed by atoms with Crippen LogP contribution in [0, 0.1) is 0 Å². The predicted octanol–water partition coefficient (Wildman–Crippen LogP) is -1.15. The van der Waals surface area contributed by atoms with Crippen LogP contribution in [0.4, 0.5) is 0 Å². The molecule has 0 spiro atoms. The Hall–Kier alpha value is -0.650. The Labute approximate surface area is 84.5 Å². The zero-order chi connectivity index (χ0) is 11.0. The minimum Gasteiger partial charge on any atom is -0.394 e. The number of amides is 1. The molecule has 5 nitrogen and oxygen atoms in total. The second-order valence-corrected chi connectivity index (χ2v) is 3.58. The molecule has 0 atom stereocenters. The van der Waals surface area contributed by atoms with Gasteiger partial charge in [-0.3, -0.25) is 10.1 Å². The van der Waals surface area contributed by atoms with Crippen molar-refractivity contribution in [2.24, 2.45) is 0 Å². The quantitative estimate of drug-likeness (QED) is 0.422. The molecule has 0 aromatic heterocycles. The van der Waals surface area contributed by atoms with Crippen LogP contribution < -0.4 is 10.6 Å². The summed E-state index contributed by atoms with van der Waals surface area (Å²) in [6, 6.07) is 0. The molecule has 0 saturated carbocycles. The van der Waals surface area contributed by atoms with E-state index < -0.39 is 5.54 Å². The first-order valence-corrected chi connectivity index (χ1v) is 4.81. The zero-order valence-corrected chi connectivity index (χ0v) is 8.84. The third-order valence-corrected chi connectivity index (χ3v) is 1.95. The second-order valence-electron chi connectivity index (χ2n) is 3.58. The van der Waals surface area contributed by atoms with Crippen LogP contribution in [0.3, 0.4) is 0 Å². The van der Waals surface area contributed by atoms with Gasteiger partial charge < -0.3 is 15.5 Å². The minimum atomic E-state index is -0.788.